The maximum Gasteiger partial charge on any atom is 0.305 e. The van der Waals surface area contributed by atoms with Crippen molar-refractivity contribution in [3.63, 3.8) is 0 Å². The molecule has 0 aromatic rings. The molecule has 0 aliphatic carbocycles. The molecule has 0 rings (SSSR count). The molecule has 0 saturated heterocycles. The number of carbonyl (C=O) groups excluding carboxylic acids is 1. The zero-order valence-corrected chi connectivity index (χ0v) is 14.5. The van der Waals surface area contributed by atoms with Gasteiger partial charge in [-0.15, -0.1) is 0 Å². The Hall–Kier alpha value is -1.61. The fourth-order valence-corrected chi connectivity index (χ4v) is 1.89. The van der Waals surface area contributed by atoms with Gasteiger partial charge in [0.15, 0.2) is 0 Å². The molecular formula is C20H32O3. The number of carbonyl (C=O) groups is 1. The lowest BCUT2D eigenvalue weighted by Crippen LogP contribution is -1.98. The molecule has 0 bridgehead atoms. The summed E-state index contributed by atoms with van der Waals surface area (Å²) in [5.74, 6) is -0.134. The summed E-state index contributed by atoms with van der Waals surface area (Å²) in [5.41, 5.74) is 0. The van der Waals surface area contributed by atoms with Gasteiger partial charge >= 0.3 is 5.97 Å². The van der Waals surface area contributed by atoms with E-state index in [0.29, 0.717) is 13.0 Å². The highest BCUT2D eigenvalue weighted by Crippen LogP contribution is 2.00. The van der Waals surface area contributed by atoms with Gasteiger partial charge in [0.1, 0.15) is 0 Å². The van der Waals surface area contributed by atoms with Gasteiger partial charge < -0.3 is 9.84 Å². The quantitative estimate of drug-likeness (QED) is 0.282. The fourth-order valence-electron chi connectivity index (χ4n) is 1.89. The van der Waals surface area contributed by atoms with Crippen LogP contribution in [0.5, 0.6) is 0 Å². The van der Waals surface area contributed by atoms with Gasteiger partial charge in [0.25, 0.3) is 0 Å². The number of aliphatic hydroxyl groups excluding tert-OH is 1. The molecule has 0 aromatic heterocycles. The largest absolute Gasteiger partial charge is 0.469 e. The van der Waals surface area contributed by atoms with E-state index >= 15 is 0 Å². The standard InChI is InChI=1S/C20H32O3/c1-23-20(22)18-16-14-12-10-8-6-4-2-3-5-7-9-11-13-15-17-19-21/h3-6,9-12,21H,2,7-8,13-19H2,1H3/b5-3-,6-4-,11-9-,12-10-. The maximum absolute atomic E-state index is 10.9. The van der Waals surface area contributed by atoms with Crippen LogP contribution >= 0.6 is 0 Å². The molecule has 0 amide bonds. The van der Waals surface area contributed by atoms with Crippen LogP contribution in [0.3, 0.4) is 0 Å². The highest BCUT2D eigenvalue weighted by Gasteiger charge is 1.96. The van der Waals surface area contributed by atoms with E-state index in [0.717, 1.165) is 51.4 Å². The first-order chi connectivity index (χ1) is 11.3. The molecule has 0 aliphatic heterocycles. The summed E-state index contributed by atoms with van der Waals surface area (Å²) in [5, 5.41) is 8.65. The SMILES string of the molecule is COC(=O)CCC/C=C\C/C=C\C/C=C\C/C=C\CCCCO. The Labute approximate surface area is 141 Å². The Balaban J connectivity index is 3.42. The predicted octanol–water partition coefficient (Wildman–Crippen LogP) is 4.89. The Morgan fingerprint density at radius 1 is 0.783 bits per heavy atom. The summed E-state index contributed by atoms with van der Waals surface area (Å²) in [6.45, 7) is 0.294. The summed E-state index contributed by atoms with van der Waals surface area (Å²) in [6, 6.07) is 0. The van der Waals surface area contributed by atoms with Gasteiger partial charge in [-0.25, -0.2) is 0 Å². The first-order valence-electron chi connectivity index (χ1n) is 8.59. The monoisotopic (exact) mass is 320 g/mol. The van der Waals surface area contributed by atoms with Crippen molar-refractivity contribution < 1.29 is 14.6 Å². The Bertz CT molecular complexity index is 378. The van der Waals surface area contributed by atoms with Gasteiger partial charge in [-0.2, -0.15) is 0 Å². The van der Waals surface area contributed by atoms with Gasteiger partial charge in [0, 0.05) is 13.0 Å². The normalized spacial score (nSPS) is 12.3. The molecule has 23 heavy (non-hydrogen) atoms. The minimum atomic E-state index is -0.134. The molecule has 0 heterocycles. The van der Waals surface area contributed by atoms with Gasteiger partial charge in [-0.05, 0) is 51.4 Å². The second kappa shape index (κ2) is 18.4. The number of methoxy groups -OCH3 is 1. The van der Waals surface area contributed by atoms with Crippen molar-refractivity contribution in [2.75, 3.05) is 13.7 Å². The van der Waals surface area contributed by atoms with Crippen LogP contribution in [0.25, 0.3) is 0 Å². The number of aliphatic hydroxyl groups is 1. The second-order valence-electron chi connectivity index (χ2n) is 5.28. The van der Waals surface area contributed by atoms with E-state index in [1.807, 2.05) is 0 Å². The third kappa shape index (κ3) is 18.3. The first kappa shape index (κ1) is 21.4. The van der Waals surface area contributed by atoms with Crippen molar-refractivity contribution in [3.05, 3.63) is 48.6 Å². The maximum atomic E-state index is 10.9. The third-order valence-corrected chi connectivity index (χ3v) is 3.24. The Morgan fingerprint density at radius 3 is 1.74 bits per heavy atom. The van der Waals surface area contributed by atoms with Crippen LogP contribution in [0.15, 0.2) is 48.6 Å². The van der Waals surface area contributed by atoms with E-state index in [-0.39, 0.29) is 5.97 Å². The zero-order chi connectivity index (χ0) is 17.0. The molecule has 1 N–H and O–H groups in total. The van der Waals surface area contributed by atoms with E-state index in [1.54, 1.807) is 0 Å². The molecule has 0 aliphatic rings. The highest BCUT2D eigenvalue weighted by atomic mass is 16.5. The molecule has 0 atom stereocenters. The second-order valence-corrected chi connectivity index (χ2v) is 5.28. The number of rotatable bonds is 14. The van der Waals surface area contributed by atoms with E-state index < -0.39 is 0 Å². The molecule has 0 radical (unpaired) electrons. The number of hydrogen-bond donors (Lipinski definition) is 1. The first-order valence-corrected chi connectivity index (χ1v) is 8.59. The Morgan fingerprint density at radius 2 is 1.26 bits per heavy atom. The number of ether oxygens (including phenoxy) is 1. The van der Waals surface area contributed by atoms with Crippen LogP contribution in [0, 0.1) is 0 Å². The average molecular weight is 320 g/mol. The number of hydrogen-bond acceptors (Lipinski definition) is 3. The predicted molar refractivity (Wildman–Crippen MR) is 97.2 cm³/mol. The lowest BCUT2D eigenvalue weighted by Gasteiger charge is -1.95. The molecule has 0 fully saturated rings. The molecule has 0 aromatic carbocycles. The fraction of sp³-hybridized carbons (Fsp3) is 0.550. The van der Waals surface area contributed by atoms with E-state index in [9.17, 15) is 4.79 Å². The molecule has 130 valence electrons. The minimum Gasteiger partial charge on any atom is -0.469 e. The van der Waals surface area contributed by atoms with Crippen molar-refractivity contribution in [3.8, 4) is 0 Å². The van der Waals surface area contributed by atoms with Crippen molar-refractivity contribution in [1.82, 2.24) is 0 Å². The molecule has 3 heteroatoms. The summed E-state index contributed by atoms with van der Waals surface area (Å²) in [6.07, 6.45) is 25.5. The van der Waals surface area contributed by atoms with Crippen LogP contribution in [0.4, 0.5) is 0 Å². The number of esters is 1. The van der Waals surface area contributed by atoms with Crippen LogP contribution in [-0.2, 0) is 9.53 Å². The summed E-state index contributed by atoms with van der Waals surface area (Å²) < 4.78 is 4.59. The van der Waals surface area contributed by atoms with Gasteiger partial charge in [-0.3, -0.25) is 4.79 Å². The van der Waals surface area contributed by atoms with Gasteiger partial charge in [0.2, 0.25) is 0 Å². The highest BCUT2D eigenvalue weighted by molar-refractivity contribution is 5.69. The van der Waals surface area contributed by atoms with E-state index in [1.165, 1.54) is 7.11 Å². The van der Waals surface area contributed by atoms with Crippen LogP contribution in [0.2, 0.25) is 0 Å². The van der Waals surface area contributed by atoms with Crippen molar-refractivity contribution >= 4 is 5.97 Å². The lowest BCUT2D eigenvalue weighted by molar-refractivity contribution is -0.140. The third-order valence-electron chi connectivity index (χ3n) is 3.24. The van der Waals surface area contributed by atoms with Crippen LogP contribution in [0.1, 0.15) is 57.8 Å². The molecular weight excluding hydrogens is 288 g/mol. The summed E-state index contributed by atoms with van der Waals surface area (Å²) >= 11 is 0. The number of unbranched alkanes of at least 4 members (excludes halogenated alkanes) is 3. The average Bonchev–Trinajstić information content (AvgIpc) is 2.57. The summed E-state index contributed by atoms with van der Waals surface area (Å²) in [7, 11) is 1.42. The van der Waals surface area contributed by atoms with Crippen LogP contribution in [-0.4, -0.2) is 24.8 Å². The molecule has 0 saturated carbocycles. The van der Waals surface area contributed by atoms with E-state index in [4.69, 9.17) is 5.11 Å². The summed E-state index contributed by atoms with van der Waals surface area (Å²) in [4.78, 5) is 10.9. The van der Waals surface area contributed by atoms with Gasteiger partial charge in [-0.1, -0.05) is 48.6 Å². The molecule has 0 unspecified atom stereocenters. The number of allylic oxidation sites excluding steroid dienone is 8. The molecule has 0 spiro atoms. The van der Waals surface area contributed by atoms with Crippen molar-refractivity contribution in [2.45, 2.75) is 57.8 Å². The smallest absolute Gasteiger partial charge is 0.305 e. The Kier molecular flexibility index (Phi) is 17.1. The van der Waals surface area contributed by atoms with Gasteiger partial charge in [0.05, 0.1) is 7.11 Å². The van der Waals surface area contributed by atoms with Crippen LogP contribution < -0.4 is 0 Å². The van der Waals surface area contributed by atoms with E-state index in [2.05, 4.69) is 53.3 Å². The molecule has 3 nitrogen and oxygen atoms in total. The van der Waals surface area contributed by atoms with Crippen molar-refractivity contribution in [1.29, 1.82) is 0 Å². The van der Waals surface area contributed by atoms with Crippen molar-refractivity contribution in [2.24, 2.45) is 0 Å². The topological polar surface area (TPSA) is 46.5 Å². The zero-order valence-electron chi connectivity index (χ0n) is 14.5. The minimum absolute atomic E-state index is 0.134. The lowest BCUT2D eigenvalue weighted by atomic mass is 10.2.